The molecule has 98 valence electrons. The van der Waals surface area contributed by atoms with Gasteiger partial charge in [-0.25, -0.2) is 0 Å². The number of carbonyl (C=O) groups is 1. The number of aromatic nitrogens is 1. The monoisotopic (exact) mass is 250 g/mol. The Hall–Kier alpha value is -1.78. The van der Waals surface area contributed by atoms with Crippen LogP contribution in [0.3, 0.4) is 0 Å². The molecule has 0 aromatic carbocycles. The van der Waals surface area contributed by atoms with Crippen LogP contribution in [-0.4, -0.2) is 22.5 Å². The molecular weight excluding hydrogens is 232 g/mol. The molecular formula is C13H18N2O3. The smallest absolute Gasteiger partial charge is 0.253 e. The highest BCUT2D eigenvalue weighted by molar-refractivity contribution is 5.82. The number of nitrogens with zero attached hydrogens (tertiary/aromatic N) is 2. The molecule has 5 nitrogen and oxygen atoms in total. The highest BCUT2D eigenvalue weighted by atomic mass is 16.5. The molecule has 0 fully saturated rings. The lowest BCUT2D eigenvalue weighted by atomic mass is 9.90. The maximum atomic E-state index is 12.0. The van der Waals surface area contributed by atoms with Crippen molar-refractivity contribution in [2.24, 2.45) is 10.4 Å². The molecule has 18 heavy (non-hydrogen) atoms. The molecule has 0 spiro atoms. The van der Waals surface area contributed by atoms with Gasteiger partial charge in [0.05, 0.1) is 6.61 Å². The van der Waals surface area contributed by atoms with Gasteiger partial charge in [-0.15, -0.1) is 0 Å². The van der Waals surface area contributed by atoms with E-state index in [4.69, 9.17) is 4.74 Å². The van der Waals surface area contributed by atoms with E-state index in [1.54, 1.807) is 12.1 Å². The van der Waals surface area contributed by atoms with E-state index < -0.39 is 5.41 Å². The molecule has 2 heterocycles. The Labute approximate surface area is 106 Å². The van der Waals surface area contributed by atoms with E-state index in [-0.39, 0.29) is 11.4 Å². The fourth-order valence-electron chi connectivity index (χ4n) is 1.67. The van der Waals surface area contributed by atoms with Crippen molar-refractivity contribution in [1.29, 1.82) is 0 Å². The first-order valence-electron chi connectivity index (χ1n) is 6.12. The van der Waals surface area contributed by atoms with E-state index in [2.05, 4.69) is 4.99 Å². The number of amides is 1. The summed E-state index contributed by atoms with van der Waals surface area (Å²) in [5.74, 6) is 0.422. The van der Waals surface area contributed by atoms with Gasteiger partial charge in [0.2, 0.25) is 0 Å². The number of pyridine rings is 1. The van der Waals surface area contributed by atoms with Gasteiger partial charge in [0.25, 0.3) is 5.91 Å². The van der Waals surface area contributed by atoms with E-state index >= 15 is 0 Å². The molecule has 1 aliphatic heterocycles. The predicted octanol–water partition coefficient (Wildman–Crippen LogP) is 1.52. The first-order chi connectivity index (χ1) is 8.45. The number of carbonyl (C=O) groups excluding carboxylic acids is 1. The maximum Gasteiger partial charge on any atom is 0.253 e. The van der Waals surface area contributed by atoms with Crippen LogP contribution in [0.15, 0.2) is 17.1 Å². The second kappa shape index (κ2) is 4.48. The summed E-state index contributed by atoms with van der Waals surface area (Å²) in [4.78, 5) is 16.0. The van der Waals surface area contributed by atoms with Crippen molar-refractivity contribution in [2.45, 2.75) is 33.6 Å². The van der Waals surface area contributed by atoms with Crippen molar-refractivity contribution >= 4 is 5.91 Å². The molecule has 1 aliphatic rings. The Morgan fingerprint density at radius 1 is 1.56 bits per heavy atom. The Morgan fingerprint density at radius 2 is 2.28 bits per heavy atom. The SMILES string of the molecule is CCC(C)(C)C(=O)N=c1ccc2c(n1O)CCO2. The molecule has 0 unspecified atom stereocenters. The summed E-state index contributed by atoms with van der Waals surface area (Å²) in [5.41, 5.74) is 0.409. The molecule has 1 aromatic heterocycles. The summed E-state index contributed by atoms with van der Waals surface area (Å²) in [6.45, 7) is 6.18. The third-order valence-corrected chi connectivity index (χ3v) is 3.42. The lowest BCUT2D eigenvalue weighted by molar-refractivity contribution is -0.126. The van der Waals surface area contributed by atoms with Crippen LogP contribution in [0.1, 0.15) is 32.9 Å². The van der Waals surface area contributed by atoms with Crippen LogP contribution >= 0.6 is 0 Å². The standard InChI is InChI=1S/C13H18N2O3/c1-4-13(2,3)12(16)14-11-6-5-10-9(15(11)17)7-8-18-10/h5-6,17H,4,7-8H2,1-3H3. The molecule has 0 saturated carbocycles. The van der Waals surface area contributed by atoms with E-state index in [0.29, 0.717) is 30.9 Å². The zero-order valence-electron chi connectivity index (χ0n) is 10.9. The number of fused-ring (bicyclic) bond motifs is 1. The molecule has 5 heteroatoms. The number of hydrogen-bond acceptors (Lipinski definition) is 3. The summed E-state index contributed by atoms with van der Waals surface area (Å²) in [5, 5.41) is 9.99. The molecule has 0 radical (unpaired) electrons. The van der Waals surface area contributed by atoms with Gasteiger partial charge in [-0.2, -0.15) is 9.72 Å². The van der Waals surface area contributed by atoms with Crippen LogP contribution < -0.4 is 10.2 Å². The van der Waals surface area contributed by atoms with Crippen LogP contribution in [0.25, 0.3) is 0 Å². The molecule has 0 saturated heterocycles. The largest absolute Gasteiger partial charge is 0.491 e. The average molecular weight is 250 g/mol. The van der Waals surface area contributed by atoms with E-state index in [0.717, 1.165) is 4.73 Å². The molecule has 1 amide bonds. The van der Waals surface area contributed by atoms with Crippen molar-refractivity contribution in [3.05, 3.63) is 23.3 Å². The van der Waals surface area contributed by atoms with Crippen molar-refractivity contribution in [2.75, 3.05) is 6.61 Å². The van der Waals surface area contributed by atoms with Crippen molar-refractivity contribution in [3.8, 4) is 5.75 Å². The van der Waals surface area contributed by atoms with Crippen molar-refractivity contribution < 1.29 is 14.7 Å². The zero-order chi connectivity index (χ0) is 13.3. The first kappa shape index (κ1) is 12.7. The van der Waals surface area contributed by atoms with Crippen LogP contribution in [0, 0.1) is 5.41 Å². The minimum Gasteiger partial charge on any atom is -0.491 e. The number of hydrogen-bond donors (Lipinski definition) is 1. The minimum absolute atomic E-state index is 0.230. The first-order valence-corrected chi connectivity index (χ1v) is 6.12. The number of rotatable bonds is 2. The van der Waals surface area contributed by atoms with Crippen LogP contribution in [0.2, 0.25) is 0 Å². The number of ether oxygens (including phenoxy) is 1. The molecule has 0 aliphatic carbocycles. The Bertz CT molecular complexity index is 544. The molecule has 2 rings (SSSR count). The van der Waals surface area contributed by atoms with Gasteiger partial charge in [0.1, 0.15) is 11.4 Å². The fourth-order valence-corrected chi connectivity index (χ4v) is 1.67. The second-order valence-electron chi connectivity index (χ2n) is 5.07. The fraction of sp³-hybridized carbons (Fsp3) is 0.538. The normalized spacial score (nSPS) is 15.4. The van der Waals surface area contributed by atoms with Gasteiger partial charge in [-0.1, -0.05) is 20.8 Å². The van der Waals surface area contributed by atoms with Crippen LogP contribution in [0.4, 0.5) is 0 Å². The van der Waals surface area contributed by atoms with E-state index in [1.807, 2.05) is 20.8 Å². The maximum absolute atomic E-state index is 12.0. The van der Waals surface area contributed by atoms with Crippen molar-refractivity contribution in [3.63, 3.8) is 0 Å². The summed E-state index contributed by atoms with van der Waals surface area (Å²) in [6, 6.07) is 3.33. The van der Waals surface area contributed by atoms with Gasteiger partial charge in [-0.05, 0) is 18.6 Å². The quantitative estimate of drug-likeness (QED) is 0.809. The van der Waals surface area contributed by atoms with Gasteiger partial charge >= 0.3 is 0 Å². The van der Waals surface area contributed by atoms with Gasteiger partial charge in [-0.3, -0.25) is 4.79 Å². The van der Waals surface area contributed by atoms with Gasteiger partial charge in [0.15, 0.2) is 5.49 Å². The van der Waals surface area contributed by atoms with E-state index in [1.165, 1.54) is 0 Å². The highest BCUT2D eigenvalue weighted by Gasteiger charge is 2.25. The minimum atomic E-state index is -0.511. The lowest BCUT2D eigenvalue weighted by Gasteiger charge is -2.17. The van der Waals surface area contributed by atoms with Crippen LogP contribution in [-0.2, 0) is 11.2 Å². The lowest BCUT2D eigenvalue weighted by Crippen LogP contribution is -2.28. The third-order valence-electron chi connectivity index (χ3n) is 3.42. The third kappa shape index (κ3) is 2.12. The molecule has 1 aromatic rings. The summed E-state index contributed by atoms with van der Waals surface area (Å²) >= 11 is 0. The summed E-state index contributed by atoms with van der Waals surface area (Å²) in [7, 11) is 0. The Balaban J connectivity index is 2.44. The molecule has 0 atom stereocenters. The van der Waals surface area contributed by atoms with Gasteiger partial charge < -0.3 is 9.94 Å². The zero-order valence-corrected chi connectivity index (χ0v) is 10.9. The van der Waals surface area contributed by atoms with E-state index in [9.17, 15) is 10.0 Å². The topological polar surface area (TPSA) is 63.8 Å². The Morgan fingerprint density at radius 3 is 2.94 bits per heavy atom. The van der Waals surface area contributed by atoms with Crippen molar-refractivity contribution in [1.82, 2.24) is 4.73 Å². The summed E-state index contributed by atoms with van der Waals surface area (Å²) < 4.78 is 6.27. The summed E-state index contributed by atoms with van der Waals surface area (Å²) in [6.07, 6.45) is 1.33. The predicted molar refractivity (Wildman–Crippen MR) is 65.5 cm³/mol. The van der Waals surface area contributed by atoms with Crippen LogP contribution in [0.5, 0.6) is 5.75 Å². The molecule has 0 bridgehead atoms. The highest BCUT2D eigenvalue weighted by Crippen LogP contribution is 2.23. The van der Waals surface area contributed by atoms with Gasteiger partial charge in [0, 0.05) is 11.8 Å². The average Bonchev–Trinajstić information content (AvgIpc) is 2.81. The second-order valence-corrected chi connectivity index (χ2v) is 5.07. The molecule has 1 N–H and O–H groups in total. The Kier molecular flexibility index (Phi) is 3.15.